The number of amides is 1. The van der Waals surface area contributed by atoms with Crippen molar-refractivity contribution in [2.24, 2.45) is 0 Å². The van der Waals surface area contributed by atoms with E-state index >= 15 is 0 Å². The highest BCUT2D eigenvalue weighted by atomic mass is 32.1. The number of benzene rings is 1. The number of aromatic nitrogens is 1. The lowest BCUT2D eigenvalue weighted by atomic mass is 10.0. The predicted octanol–water partition coefficient (Wildman–Crippen LogP) is 2.50. The molecule has 7 heteroatoms. The van der Waals surface area contributed by atoms with E-state index in [0.29, 0.717) is 17.8 Å². The van der Waals surface area contributed by atoms with Gasteiger partial charge in [-0.1, -0.05) is 0 Å². The van der Waals surface area contributed by atoms with Gasteiger partial charge in [-0.3, -0.25) is 4.79 Å². The first-order valence-corrected chi connectivity index (χ1v) is 12.0. The second-order valence-corrected chi connectivity index (χ2v) is 9.85. The third-order valence-corrected chi connectivity index (χ3v) is 8.37. The number of carbonyl (C=O) groups excluding carboxylic acids is 1. The molecular weight excluding hydrogens is 382 g/mol. The third kappa shape index (κ3) is 3.14. The molecule has 0 saturated carbocycles. The van der Waals surface area contributed by atoms with Crippen LogP contribution in [-0.2, 0) is 0 Å². The second kappa shape index (κ2) is 7.22. The summed E-state index contributed by atoms with van der Waals surface area (Å²) in [5, 5.41) is 1.03. The first-order chi connectivity index (χ1) is 14.3. The molecule has 0 radical (unpaired) electrons. The van der Waals surface area contributed by atoms with Gasteiger partial charge in [-0.2, -0.15) is 4.37 Å². The zero-order valence-electron chi connectivity index (χ0n) is 16.9. The summed E-state index contributed by atoms with van der Waals surface area (Å²) in [6.45, 7) is 8.83. The molecule has 4 bridgehead atoms. The van der Waals surface area contributed by atoms with Crippen LogP contribution >= 0.6 is 11.5 Å². The maximum atomic E-state index is 13.4. The lowest BCUT2D eigenvalue weighted by molar-refractivity contribution is 0.0682. The van der Waals surface area contributed by atoms with Crippen LogP contribution in [0.25, 0.3) is 10.1 Å². The highest BCUT2D eigenvalue weighted by Gasteiger charge is 2.34. The Bertz CT molecular complexity index is 913. The van der Waals surface area contributed by atoms with E-state index in [1.807, 2.05) is 0 Å². The van der Waals surface area contributed by atoms with Gasteiger partial charge in [0.1, 0.15) is 5.69 Å². The van der Waals surface area contributed by atoms with Crippen LogP contribution in [0.2, 0.25) is 0 Å². The van der Waals surface area contributed by atoms with E-state index in [-0.39, 0.29) is 5.91 Å². The molecular formula is C22H29N5OS. The highest BCUT2D eigenvalue weighted by Crippen LogP contribution is 2.33. The van der Waals surface area contributed by atoms with Gasteiger partial charge in [0.25, 0.3) is 5.91 Å². The van der Waals surface area contributed by atoms with Crippen molar-refractivity contribution in [3.63, 3.8) is 0 Å². The summed E-state index contributed by atoms with van der Waals surface area (Å²) in [5.74, 6) is 0.138. The minimum atomic E-state index is 0.138. The van der Waals surface area contributed by atoms with Crippen molar-refractivity contribution in [2.45, 2.75) is 37.8 Å². The van der Waals surface area contributed by atoms with Gasteiger partial charge >= 0.3 is 0 Å². The molecule has 7 heterocycles. The van der Waals surface area contributed by atoms with Crippen LogP contribution in [0.15, 0.2) is 18.2 Å². The summed E-state index contributed by atoms with van der Waals surface area (Å²) in [6, 6.07) is 7.69. The smallest absolute Gasteiger partial charge is 0.274 e. The van der Waals surface area contributed by atoms with Crippen molar-refractivity contribution < 1.29 is 4.79 Å². The van der Waals surface area contributed by atoms with E-state index in [1.165, 1.54) is 43.2 Å². The SMILES string of the molecule is O=C(c1nsc2cc(N3CCN4CCC3CC4)ccc12)N1CCN2CCC1CC2. The Hall–Kier alpha value is -1.70. The van der Waals surface area contributed by atoms with Gasteiger partial charge in [-0.15, -0.1) is 0 Å². The molecule has 1 amide bonds. The first kappa shape index (κ1) is 18.1. The van der Waals surface area contributed by atoms with Gasteiger partial charge in [0, 0.05) is 75.5 Å². The summed E-state index contributed by atoms with van der Waals surface area (Å²) in [6.07, 6.45) is 4.73. The molecule has 6 saturated heterocycles. The van der Waals surface area contributed by atoms with Crippen LogP contribution in [0.3, 0.4) is 0 Å². The molecule has 0 unspecified atom stereocenters. The summed E-state index contributed by atoms with van der Waals surface area (Å²) >= 11 is 1.49. The molecule has 2 aromatic rings. The van der Waals surface area contributed by atoms with Crippen LogP contribution in [0.1, 0.15) is 36.2 Å². The van der Waals surface area contributed by atoms with Crippen LogP contribution in [-0.4, -0.2) is 89.4 Å². The number of carbonyl (C=O) groups is 1. The van der Waals surface area contributed by atoms with Crippen molar-refractivity contribution >= 4 is 33.2 Å². The van der Waals surface area contributed by atoms with Gasteiger partial charge in [-0.05, 0) is 55.4 Å². The van der Waals surface area contributed by atoms with E-state index in [0.717, 1.165) is 62.2 Å². The standard InChI is InChI=1S/C22H29N5OS/c28-22(27-14-12-25-9-5-17(27)6-10-25)21-19-2-1-18(15-20(19)29-23-21)26-13-11-24-7-3-16(26)4-8-24/h1-2,15-17H,3-14H2. The molecule has 6 nitrogen and oxygen atoms in total. The Morgan fingerprint density at radius 1 is 0.862 bits per heavy atom. The molecule has 8 rings (SSSR count). The van der Waals surface area contributed by atoms with Crippen molar-refractivity contribution in [2.75, 3.05) is 57.3 Å². The topological polar surface area (TPSA) is 42.9 Å². The second-order valence-electron chi connectivity index (χ2n) is 9.05. The molecule has 6 fully saturated rings. The van der Waals surface area contributed by atoms with Gasteiger partial charge in [-0.25, -0.2) is 0 Å². The van der Waals surface area contributed by atoms with E-state index in [2.05, 4.69) is 42.2 Å². The van der Waals surface area contributed by atoms with Crippen LogP contribution in [0.4, 0.5) is 5.69 Å². The molecule has 154 valence electrons. The van der Waals surface area contributed by atoms with Crippen molar-refractivity contribution in [1.82, 2.24) is 19.1 Å². The van der Waals surface area contributed by atoms with Crippen molar-refractivity contribution in [3.8, 4) is 0 Å². The Morgan fingerprint density at radius 2 is 1.55 bits per heavy atom. The van der Waals surface area contributed by atoms with Crippen molar-refractivity contribution in [1.29, 1.82) is 0 Å². The van der Waals surface area contributed by atoms with E-state index in [4.69, 9.17) is 0 Å². The zero-order chi connectivity index (χ0) is 19.4. The lowest BCUT2D eigenvalue weighted by Gasteiger charge is -2.33. The van der Waals surface area contributed by atoms with E-state index < -0.39 is 0 Å². The molecule has 0 aliphatic carbocycles. The van der Waals surface area contributed by atoms with E-state index in [1.54, 1.807) is 0 Å². The summed E-state index contributed by atoms with van der Waals surface area (Å²) < 4.78 is 5.79. The van der Waals surface area contributed by atoms with Crippen molar-refractivity contribution in [3.05, 3.63) is 23.9 Å². The van der Waals surface area contributed by atoms with Gasteiger partial charge in [0.2, 0.25) is 0 Å². The van der Waals surface area contributed by atoms with Crippen LogP contribution in [0, 0.1) is 0 Å². The molecule has 0 spiro atoms. The van der Waals surface area contributed by atoms with Gasteiger partial charge in [0.05, 0.1) is 4.70 Å². The fourth-order valence-electron chi connectivity index (χ4n) is 5.78. The minimum absolute atomic E-state index is 0.138. The molecule has 0 atom stereocenters. The normalized spacial score (nSPS) is 31.9. The van der Waals surface area contributed by atoms with Crippen LogP contribution in [0.5, 0.6) is 0 Å². The van der Waals surface area contributed by atoms with Crippen LogP contribution < -0.4 is 4.90 Å². The average Bonchev–Trinajstić information content (AvgIpc) is 2.99. The Morgan fingerprint density at radius 3 is 2.31 bits per heavy atom. The number of fused-ring (bicyclic) bond motifs is 9. The minimum Gasteiger partial charge on any atom is -0.367 e. The molecule has 1 aromatic carbocycles. The summed E-state index contributed by atoms with van der Waals surface area (Å²) in [5.41, 5.74) is 1.97. The number of hydrogen-bond donors (Lipinski definition) is 0. The predicted molar refractivity (Wildman–Crippen MR) is 117 cm³/mol. The number of hydrogen-bond acceptors (Lipinski definition) is 6. The molecule has 29 heavy (non-hydrogen) atoms. The fraction of sp³-hybridized carbons (Fsp3) is 0.636. The first-order valence-electron chi connectivity index (χ1n) is 11.2. The molecule has 1 aromatic heterocycles. The zero-order valence-corrected chi connectivity index (χ0v) is 17.7. The quantitative estimate of drug-likeness (QED) is 0.760. The maximum absolute atomic E-state index is 13.4. The average molecular weight is 412 g/mol. The Kier molecular flexibility index (Phi) is 4.50. The Balaban J connectivity index is 1.29. The molecule has 0 N–H and O–H groups in total. The number of nitrogens with zero attached hydrogens (tertiary/aromatic N) is 5. The maximum Gasteiger partial charge on any atom is 0.274 e. The third-order valence-electron chi connectivity index (χ3n) is 7.56. The van der Waals surface area contributed by atoms with E-state index in [9.17, 15) is 4.79 Å². The number of piperidine rings is 2. The summed E-state index contributed by atoms with van der Waals surface area (Å²) in [7, 11) is 0. The lowest BCUT2D eigenvalue weighted by Crippen LogP contribution is -2.41. The number of anilines is 1. The molecule has 6 aliphatic rings. The summed E-state index contributed by atoms with van der Waals surface area (Å²) in [4.78, 5) is 23.2. The Labute approximate surface area is 176 Å². The monoisotopic (exact) mass is 411 g/mol. The molecule has 6 aliphatic heterocycles. The fourth-order valence-corrected chi connectivity index (χ4v) is 6.58. The van der Waals surface area contributed by atoms with Gasteiger partial charge < -0.3 is 19.6 Å². The largest absolute Gasteiger partial charge is 0.367 e. The highest BCUT2D eigenvalue weighted by molar-refractivity contribution is 7.13. The number of rotatable bonds is 2. The van der Waals surface area contributed by atoms with Gasteiger partial charge in [0.15, 0.2) is 0 Å².